The zero-order chi connectivity index (χ0) is 22.5. The molecule has 1 N–H and O–H groups in total. The van der Waals surface area contributed by atoms with Crippen molar-refractivity contribution in [3.05, 3.63) is 84.2 Å². The number of rotatable bonds is 9. The summed E-state index contributed by atoms with van der Waals surface area (Å²) in [4.78, 5) is 15.6. The van der Waals surface area contributed by atoms with Crippen LogP contribution >= 0.6 is 0 Å². The zero-order valence-electron chi connectivity index (χ0n) is 18.4. The fourth-order valence-electron chi connectivity index (χ4n) is 4.14. The smallest absolute Gasteiger partial charge is 0.257 e. The molecule has 0 radical (unpaired) electrons. The van der Waals surface area contributed by atoms with Gasteiger partial charge in [-0.1, -0.05) is 44.2 Å². The van der Waals surface area contributed by atoms with Crippen LogP contribution in [-0.4, -0.2) is 45.8 Å². The van der Waals surface area contributed by atoms with Crippen LogP contribution in [0.4, 0.5) is 0 Å². The maximum atomic E-state index is 13.5. The molecule has 1 aliphatic heterocycles. The third-order valence-electron chi connectivity index (χ3n) is 5.84. The summed E-state index contributed by atoms with van der Waals surface area (Å²) < 4.78 is 11.1. The Morgan fingerprint density at radius 1 is 1.12 bits per heavy atom. The molecule has 0 fully saturated rings. The van der Waals surface area contributed by atoms with Crippen molar-refractivity contribution in [1.29, 1.82) is 0 Å². The van der Waals surface area contributed by atoms with Gasteiger partial charge in [0.1, 0.15) is 23.3 Å². The van der Waals surface area contributed by atoms with Gasteiger partial charge in [0, 0.05) is 19.0 Å². The summed E-state index contributed by atoms with van der Waals surface area (Å²) in [6.07, 6.45) is 3.71. The van der Waals surface area contributed by atoms with E-state index >= 15 is 0 Å². The molecule has 2 aromatic heterocycles. The molecule has 0 saturated heterocycles. The monoisotopic (exact) mass is 435 g/mol. The molecule has 2 unspecified atom stereocenters. The summed E-state index contributed by atoms with van der Waals surface area (Å²) >= 11 is 0. The molecule has 7 heteroatoms. The minimum atomic E-state index is -0.331. The van der Waals surface area contributed by atoms with E-state index in [0.717, 1.165) is 5.56 Å². The Morgan fingerprint density at radius 3 is 2.50 bits per heavy atom. The van der Waals surface area contributed by atoms with Gasteiger partial charge in [0.05, 0.1) is 25.7 Å². The molecule has 3 aromatic rings. The number of aliphatic hydroxyl groups is 1. The summed E-state index contributed by atoms with van der Waals surface area (Å²) in [6.45, 7) is 4.77. The Morgan fingerprint density at radius 2 is 1.88 bits per heavy atom. The Balaban J connectivity index is 1.59. The SMILES string of the molecule is CC(C)C(CO)N(CC(=O)N1N=C(c2ccco2)CC1c1ccco1)Cc1ccccc1. The molecular weight excluding hydrogens is 406 g/mol. The van der Waals surface area contributed by atoms with Crippen molar-refractivity contribution in [2.45, 2.75) is 38.9 Å². The summed E-state index contributed by atoms with van der Waals surface area (Å²) in [5, 5.41) is 16.2. The van der Waals surface area contributed by atoms with Crippen LogP contribution in [0.2, 0.25) is 0 Å². The first-order valence-electron chi connectivity index (χ1n) is 10.9. The van der Waals surface area contributed by atoms with Crippen molar-refractivity contribution in [2.75, 3.05) is 13.2 Å². The minimum absolute atomic E-state index is 0.0275. The minimum Gasteiger partial charge on any atom is -0.467 e. The molecule has 2 atom stereocenters. The van der Waals surface area contributed by atoms with Gasteiger partial charge in [-0.2, -0.15) is 5.10 Å². The summed E-state index contributed by atoms with van der Waals surface area (Å²) in [5.41, 5.74) is 1.80. The van der Waals surface area contributed by atoms with Crippen molar-refractivity contribution in [3.63, 3.8) is 0 Å². The summed E-state index contributed by atoms with van der Waals surface area (Å²) in [6, 6.07) is 16.8. The largest absolute Gasteiger partial charge is 0.467 e. The topological polar surface area (TPSA) is 82.4 Å². The molecular formula is C25H29N3O4. The lowest BCUT2D eigenvalue weighted by Crippen LogP contribution is -2.46. The van der Waals surface area contributed by atoms with Crippen molar-refractivity contribution < 1.29 is 18.7 Å². The highest BCUT2D eigenvalue weighted by Crippen LogP contribution is 2.33. The average molecular weight is 436 g/mol. The van der Waals surface area contributed by atoms with Crippen molar-refractivity contribution in [2.24, 2.45) is 11.0 Å². The number of furan rings is 2. The van der Waals surface area contributed by atoms with Crippen LogP contribution in [0.3, 0.4) is 0 Å². The van der Waals surface area contributed by atoms with Gasteiger partial charge >= 0.3 is 0 Å². The van der Waals surface area contributed by atoms with E-state index in [1.54, 1.807) is 18.6 Å². The predicted molar refractivity (Wildman–Crippen MR) is 121 cm³/mol. The molecule has 0 aliphatic carbocycles. The van der Waals surface area contributed by atoms with E-state index in [9.17, 15) is 9.90 Å². The second kappa shape index (κ2) is 9.97. The Kier molecular flexibility index (Phi) is 6.87. The van der Waals surface area contributed by atoms with E-state index < -0.39 is 0 Å². The van der Waals surface area contributed by atoms with E-state index in [1.807, 2.05) is 53.4 Å². The maximum Gasteiger partial charge on any atom is 0.257 e. The highest BCUT2D eigenvalue weighted by atomic mass is 16.3. The lowest BCUT2D eigenvalue weighted by Gasteiger charge is -2.34. The summed E-state index contributed by atoms with van der Waals surface area (Å²) in [5.74, 6) is 1.36. The maximum absolute atomic E-state index is 13.5. The van der Waals surface area contributed by atoms with Gasteiger partial charge in [-0.05, 0) is 35.7 Å². The first-order valence-corrected chi connectivity index (χ1v) is 10.9. The molecule has 1 amide bonds. The fourth-order valence-corrected chi connectivity index (χ4v) is 4.14. The number of carbonyl (C=O) groups is 1. The molecule has 0 saturated carbocycles. The van der Waals surface area contributed by atoms with Gasteiger partial charge in [0.15, 0.2) is 0 Å². The molecule has 1 aromatic carbocycles. The average Bonchev–Trinajstić information content (AvgIpc) is 3.55. The number of benzene rings is 1. The molecule has 4 rings (SSSR count). The molecule has 0 bridgehead atoms. The standard InChI is InChI=1S/C25H29N3O4/c1-18(2)22(17-29)27(15-19-8-4-3-5-9-19)16-25(30)28-21(24-11-7-13-32-24)14-20(26-28)23-10-6-12-31-23/h3-13,18,21-22,29H,14-17H2,1-2H3. The number of hydrogen-bond donors (Lipinski definition) is 1. The Labute approximate surface area is 187 Å². The Bertz CT molecular complexity index is 1010. The van der Waals surface area contributed by atoms with Gasteiger partial charge < -0.3 is 13.9 Å². The molecule has 0 spiro atoms. The molecule has 32 heavy (non-hydrogen) atoms. The van der Waals surface area contributed by atoms with Crippen LogP contribution in [0.1, 0.15) is 43.4 Å². The van der Waals surface area contributed by atoms with E-state index in [1.165, 1.54) is 5.01 Å². The fraction of sp³-hybridized carbons (Fsp3) is 0.360. The lowest BCUT2D eigenvalue weighted by molar-refractivity contribution is -0.135. The quantitative estimate of drug-likeness (QED) is 0.548. The second-order valence-electron chi connectivity index (χ2n) is 8.38. The van der Waals surface area contributed by atoms with Gasteiger partial charge in [-0.25, -0.2) is 5.01 Å². The molecule has 7 nitrogen and oxygen atoms in total. The van der Waals surface area contributed by atoms with E-state index in [4.69, 9.17) is 8.83 Å². The van der Waals surface area contributed by atoms with Crippen molar-refractivity contribution in [3.8, 4) is 0 Å². The highest BCUT2D eigenvalue weighted by Gasteiger charge is 2.37. The first kappa shape index (κ1) is 22.0. The van der Waals surface area contributed by atoms with Gasteiger partial charge in [0.2, 0.25) is 0 Å². The van der Waals surface area contributed by atoms with Gasteiger partial charge in [0.25, 0.3) is 5.91 Å². The van der Waals surface area contributed by atoms with Gasteiger partial charge in [-0.15, -0.1) is 0 Å². The second-order valence-corrected chi connectivity index (χ2v) is 8.38. The van der Waals surface area contributed by atoms with Crippen molar-refractivity contribution >= 4 is 11.6 Å². The molecule has 1 aliphatic rings. The molecule has 168 valence electrons. The van der Waals surface area contributed by atoms with Crippen LogP contribution in [0, 0.1) is 5.92 Å². The third kappa shape index (κ3) is 4.84. The van der Waals surface area contributed by atoms with E-state index in [2.05, 4.69) is 18.9 Å². The molecule has 3 heterocycles. The van der Waals surface area contributed by atoms with Crippen LogP contribution in [-0.2, 0) is 11.3 Å². The predicted octanol–water partition coefficient (Wildman–Crippen LogP) is 4.07. The lowest BCUT2D eigenvalue weighted by atomic mass is 10.0. The number of aliphatic hydroxyl groups excluding tert-OH is 1. The zero-order valence-corrected chi connectivity index (χ0v) is 18.4. The van der Waals surface area contributed by atoms with Crippen molar-refractivity contribution in [1.82, 2.24) is 9.91 Å². The number of hydrazone groups is 1. The van der Waals surface area contributed by atoms with E-state index in [0.29, 0.717) is 30.2 Å². The number of nitrogens with zero attached hydrogens (tertiary/aromatic N) is 3. The van der Waals surface area contributed by atoms with Gasteiger partial charge in [-0.3, -0.25) is 9.69 Å². The van der Waals surface area contributed by atoms with Crippen LogP contribution < -0.4 is 0 Å². The Hall–Kier alpha value is -3.16. The normalized spacial score (nSPS) is 17.2. The first-order chi connectivity index (χ1) is 15.6. The number of hydrogen-bond acceptors (Lipinski definition) is 6. The number of carbonyl (C=O) groups excluding carboxylic acids is 1. The highest BCUT2D eigenvalue weighted by molar-refractivity contribution is 6.01. The van der Waals surface area contributed by atoms with Crippen LogP contribution in [0.15, 0.2) is 81.1 Å². The van der Waals surface area contributed by atoms with Crippen LogP contribution in [0.5, 0.6) is 0 Å². The van der Waals surface area contributed by atoms with Crippen LogP contribution in [0.25, 0.3) is 0 Å². The number of amides is 1. The van der Waals surface area contributed by atoms with E-state index in [-0.39, 0.29) is 37.1 Å². The third-order valence-corrected chi connectivity index (χ3v) is 5.84. The summed E-state index contributed by atoms with van der Waals surface area (Å²) in [7, 11) is 0.